The molecule has 0 spiro atoms. The van der Waals surface area contributed by atoms with Crippen LogP contribution in [0.2, 0.25) is 5.15 Å². The minimum atomic E-state index is 0.272. The number of furan rings is 1. The molecule has 0 radical (unpaired) electrons. The van der Waals surface area contributed by atoms with E-state index in [1.54, 1.807) is 12.1 Å². The molecule has 0 aliphatic heterocycles. The van der Waals surface area contributed by atoms with Crippen LogP contribution < -0.4 is 0 Å². The summed E-state index contributed by atoms with van der Waals surface area (Å²) in [5, 5.41) is 9.70. The SMILES string of the molecule is N#Cc1cc2cc(Cl)ncc2o1. The number of pyridine rings is 1. The van der Waals surface area contributed by atoms with Gasteiger partial charge in [0.1, 0.15) is 11.2 Å². The first-order valence-corrected chi connectivity index (χ1v) is 3.62. The van der Waals surface area contributed by atoms with Gasteiger partial charge in [0, 0.05) is 11.5 Å². The highest BCUT2D eigenvalue weighted by molar-refractivity contribution is 6.30. The molecule has 0 amide bonds. The van der Waals surface area contributed by atoms with Gasteiger partial charge >= 0.3 is 0 Å². The first-order chi connectivity index (χ1) is 5.79. The van der Waals surface area contributed by atoms with E-state index < -0.39 is 0 Å². The molecule has 12 heavy (non-hydrogen) atoms. The second-order valence-corrected chi connectivity index (χ2v) is 2.65. The van der Waals surface area contributed by atoms with Crippen molar-refractivity contribution in [3.05, 3.63) is 29.2 Å². The number of nitrogens with zero attached hydrogens (tertiary/aromatic N) is 2. The predicted octanol–water partition coefficient (Wildman–Crippen LogP) is 2.35. The maximum Gasteiger partial charge on any atom is 0.204 e. The number of nitriles is 1. The standard InChI is InChI=1S/C8H3ClN2O/c9-8-2-5-1-6(3-10)12-7(5)4-11-8/h1-2,4H. The van der Waals surface area contributed by atoms with Crippen LogP contribution in [0.1, 0.15) is 5.76 Å². The predicted molar refractivity (Wildman–Crippen MR) is 43.7 cm³/mol. The summed E-state index contributed by atoms with van der Waals surface area (Å²) in [4.78, 5) is 3.82. The number of fused-ring (bicyclic) bond motifs is 1. The van der Waals surface area contributed by atoms with E-state index in [1.165, 1.54) is 6.20 Å². The average Bonchev–Trinajstić information content (AvgIpc) is 2.46. The van der Waals surface area contributed by atoms with Gasteiger partial charge in [-0.05, 0) is 6.07 Å². The van der Waals surface area contributed by atoms with Crippen molar-refractivity contribution in [1.29, 1.82) is 5.26 Å². The molecule has 0 bridgehead atoms. The zero-order valence-electron chi connectivity index (χ0n) is 5.91. The van der Waals surface area contributed by atoms with Gasteiger partial charge in [-0.15, -0.1) is 0 Å². The van der Waals surface area contributed by atoms with Gasteiger partial charge in [-0.1, -0.05) is 11.6 Å². The first-order valence-electron chi connectivity index (χ1n) is 3.25. The van der Waals surface area contributed by atoms with Gasteiger partial charge in [0.2, 0.25) is 5.76 Å². The molecule has 0 atom stereocenters. The third kappa shape index (κ3) is 1.03. The van der Waals surface area contributed by atoms with E-state index in [0.717, 1.165) is 5.39 Å². The Morgan fingerprint density at radius 3 is 3.08 bits per heavy atom. The highest BCUT2D eigenvalue weighted by Crippen LogP contribution is 2.20. The van der Waals surface area contributed by atoms with Crippen molar-refractivity contribution in [1.82, 2.24) is 4.98 Å². The zero-order valence-corrected chi connectivity index (χ0v) is 6.67. The van der Waals surface area contributed by atoms with Crippen LogP contribution in [0.25, 0.3) is 11.0 Å². The van der Waals surface area contributed by atoms with Gasteiger partial charge in [0.25, 0.3) is 0 Å². The van der Waals surface area contributed by atoms with E-state index in [0.29, 0.717) is 10.7 Å². The zero-order chi connectivity index (χ0) is 8.55. The van der Waals surface area contributed by atoms with E-state index in [2.05, 4.69) is 4.98 Å². The summed E-state index contributed by atoms with van der Waals surface area (Å²) in [6.45, 7) is 0. The molecule has 58 valence electrons. The van der Waals surface area contributed by atoms with Crippen molar-refractivity contribution in [3.63, 3.8) is 0 Å². The Morgan fingerprint density at radius 2 is 2.33 bits per heavy atom. The van der Waals surface area contributed by atoms with Crippen molar-refractivity contribution in [2.75, 3.05) is 0 Å². The van der Waals surface area contributed by atoms with Crippen LogP contribution in [0.5, 0.6) is 0 Å². The molecule has 2 aromatic rings. The van der Waals surface area contributed by atoms with Crippen LogP contribution >= 0.6 is 11.6 Å². The molecule has 0 fully saturated rings. The Morgan fingerprint density at radius 1 is 1.50 bits per heavy atom. The van der Waals surface area contributed by atoms with Crippen LogP contribution in [0.3, 0.4) is 0 Å². The summed E-state index contributed by atoms with van der Waals surface area (Å²) < 4.78 is 5.09. The lowest BCUT2D eigenvalue weighted by molar-refractivity contribution is 0.598. The van der Waals surface area contributed by atoms with Gasteiger partial charge in [0.05, 0.1) is 6.20 Å². The highest BCUT2D eigenvalue weighted by atomic mass is 35.5. The summed E-state index contributed by atoms with van der Waals surface area (Å²) in [6.07, 6.45) is 1.50. The average molecular weight is 179 g/mol. The molecule has 0 unspecified atom stereocenters. The molecule has 0 aliphatic rings. The molecule has 2 rings (SSSR count). The number of halogens is 1. The van der Waals surface area contributed by atoms with Gasteiger partial charge in [0.15, 0.2) is 5.58 Å². The number of hydrogen-bond donors (Lipinski definition) is 0. The van der Waals surface area contributed by atoms with Gasteiger partial charge in [-0.25, -0.2) is 4.98 Å². The molecule has 3 nitrogen and oxygen atoms in total. The van der Waals surface area contributed by atoms with E-state index in [9.17, 15) is 0 Å². The molecule has 0 aromatic carbocycles. The quantitative estimate of drug-likeness (QED) is 0.582. The molecular formula is C8H3ClN2O. The molecule has 0 saturated heterocycles. The van der Waals surface area contributed by atoms with Crippen molar-refractivity contribution in [3.8, 4) is 6.07 Å². The fourth-order valence-corrected chi connectivity index (χ4v) is 1.14. The van der Waals surface area contributed by atoms with Crippen molar-refractivity contribution in [2.45, 2.75) is 0 Å². The Hall–Kier alpha value is -1.53. The largest absolute Gasteiger partial charge is 0.444 e. The minimum absolute atomic E-state index is 0.272. The van der Waals surface area contributed by atoms with Crippen LogP contribution in [0, 0.1) is 11.3 Å². The summed E-state index contributed by atoms with van der Waals surface area (Å²) in [5.74, 6) is 0.272. The maximum absolute atomic E-state index is 8.51. The van der Waals surface area contributed by atoms with Crippen LogP contribution in [0.15, 0.2) is 22.7 Å². The number of rotatable bonds is 0. The Labute approximate surface area is 73.2 Å². The lowest BCUT2D eigenvalue weighted by atomic mass is 10.3. The second-order valence-electron chi connectivity index (χ2n) is 2.27. The normalized spacial score (nSPS) is 10.0. The molecular weight excluding hydrogens is 176 g/mol. The third-order valence-corrected chi connectivity index (χ3v) is 1.69. The van der Waals surface area contributed by atoms with Gasteiger partial charge in [-0.3, -0.25) is 0 Å². The number of hydrogen-bond acceptors (Lipinski definition) is 3. The monoisotopic (exact) mass is 178 g/mol. The summed E-state index contributed by atoms with van der Waals surface area (Å²) in [6, 6.07) is 5.18. The molecule has 2 aromatic heterocycles. The van der Waals surface area contributed by atoms with E-state index in [-0.39, 0.29) is 5.76 Å². The molecule has 0 aliphatic carbocycles. The van der Waals surface area contributed by atoms with Gasteiger partial charge in [-0.2, -0.15) is 5.26 Å². The lowest BCUT2D eigenvalue weighted by Gasteiger charge is -1.86. The van der Waals surface area contributed by atoms with Crippen LogP contribution in [0.4, 0.5) is 0 Å². The molecule has 0 saturated carbocycles. The van der Waals surface area contributed by atoms with Crippen molar-refractivity contribution >= 4 is 22.6 Å². The van der Waals surface area contributed by atoms with E-state index in [1.807, 2.05) is 6.07 Å². The Balaban J connectivity index is 2.77. The summed E-state index contributed by atoms with van der Waals surface area (Å²) >= 11 is 5.64. The highest BCUT2D eigenvalue weighted by Gasteiger charge is 2.02. The molecule has 2 heterocycles. The molecule has 0 N–H and O–H groups in total. The Kier molecular flexibility index (Phi) is 1.49. The topological polar surface area (TPSA) is 49.8 Å². The lowest BCUT2D eigenvalue weighted by Crippen LogP contribution is -1.70. The molecule has 4 heteroatoms. The summed E-state index contributed by atoms with van der Waals surface area (Å²) in [7, 11) is 0. The van der Waals surface area contributed by atoms with Gasteiger partial charge < -0.3 is 4.42 Å². The number of aromatic nitrogens is 1. The minimum Gasteiger partial charge on any atom is -0.444 e. The van der Waals surface area contributed by atoms with Crippen LogP contribution in [-0.4, -0.2) is 4.98 Å². The first kappa shape index (κ1) is 7.14. The van der Waals surface area contributed by atoms with Crippen molar-refractivity contribution < 1.29 is 4.42 Å². The Bertz CT molecular complexity index is 469. The fourth-order valence-electron chi connectivity index (χ4n) is 0.974. The van der Waals surface area contributed by atoms with E-state index in [4.69, 9.17) is 21.3 Å². The fraction of sp³-hybridized carbons (Fsp3) is 0. The van der Waals surface area contributed by atoms with Crippen molar-refractivity contribution in [2.24, 2.45) is 0 Å². The smallest absolute Gasteiger partial charge is 0.204 e. The second kappa shape index (κ2) is 2.50. The summed E-state index contributed by atoms with van der Waals surface area (Å²) in [5.41, 5.74) is 0.580. The maximum atomic E-state index is 8.51. The third-order valence-electron chi connectivity index (χ3n) is 1.48. The van der Waals surface area contributed by atoms with Crippen LogP contribution in [-0.2, 0) is 0 Å². The van der Waals surface area contributed by atoms with E-state index >= 15 is 0 Å².